The molecule has 0 aromatic heterocycles. The summed E-state index contributed by atoms with van der Waals surface area (Å²) in [6.07, 6.45) is 28.0. The summed E-state index contributed by atoms with van der Waals surface area (Å²) in [5.74, 6) is 0. The van der Waals surface area contributed by atoms with E-state index in [-0.39, 0.29) is 35.3 Å². The first-order chi connectivity index (χ1) is 8.00. The minimum Gasteiger partial charge on any atom is -0.358 e. The molecule has 0 saturated heterocycles. The van der Waals surface area contributed by atoms with Crippen molar-refractivity contribution in [2.75, 3.05) is 0 Å². The van der Waals surface area contributed by atoms with Gasteiger partial charge in [0, 0.05) is 0 Å². The van der Waals surface area contributed by atoms with E-state index in [4.69, 9.17) is 0 Å². The van der Waals surface area contributed by atoms with Crippen LogP contribution in [0, 0.1) is 14.9 Å². The molecule has 0 amide bonds. The Morgan fingerprint density at radius 2 is 0.421 bits per heavy atom. The zero-order valence-corrected chi connectivity index (χ0v) is 14.1. The molecule has 0 aliphatic heterocycles. The standard InChI is InChI=1S/2C8H12.2CH3.Pd/c2*1-2-4-6-8-7-5-3-1;;;/h2*1-2,7-8H,3-6H2;2*1H3;/q;;2*-1;+2/b2*2-1-,8-7-;;;. The molecule has 2 aliphatic rings. The van der Waals surface area contributed by atoms with Crippen molar-refractivity contribution in [1.29, 1.82) is 0 Å². The van der Waals surface area contributed by atoms with Gasteiger partial charge >= 0.3 is 20.4 Å². The van der Waals surface area contributed by atoms with Gasteiger partial charge in [-0.05, 0) is 51.4 Å². The maximum absolute atomic E-state index is 2.27. The van der Waals surface area contributed by atoms with Gasteiger partial charge in [-0.25, -0.2) is 0 Å². The fraction of sp³-hybridized carbons (Fsp3) is 0.444. The number of allylic oxidation sites excluding steroid dienone is 8. The van der Waals surface area contributed by atoms with E-state index in [9.17, 15) is 0 Å². The second-order valence-electron chi connectivity index (χ2n) is 4.20. The van der Waals surface area contributed by atoms with Gasteiger partial charge in [0.15, 0.2) is 0 Å². The number of rotatable bonds is 0. The third kappa shape index (κ3) is 17.6. The van der Waals surface area contributed by atoms with Crippen molar-refractivity contribution in [3.63, 3.8) is 0 Å². The molecule has 0 heterocycles. The van der Waals surface area contributed by atoms with Crippen LogP contribution < -0.4 is 0 Å². The van der Waals surface area contributed by atoms with Gasteiger partial charge in [0.2, 0.25) is 0 Å². The van der Waals surface area contributed by atoms with Crippen molar-refractivity contribution in [2.45, 2.75) is 51.4 Å². The molecule has 2 rings (SSSR count). The summed E-state index contributed by atoms with van der Waals surface area (Å²) in [5, 5.41) is 0. The van der Waals surface area contributed by atoms with E-state index >= 15 is 0 Å². The quantitative estimate of drug-likeness (QED) is 0.275. The number of hydrogen-bond acceptors (Lipinski definition) is 0. The fourth-order valence-corrected chi connectivity index (χ4v) is 1.71. The summed E-state index contributed by atoms with van der Waals surface area (Å²) >= 11 is 0. The Morgan fingerprint density at radius 3 is 0.526 bits per heavy atom. The van der Waals surface area contributed by atoms with Crippen LogP contribution >= 0.6 is 0 Å². The van der Waals surface area contributed by atoms with E-state index in [1.54, 1.807) is 0 Å². The SMILES string of the molecule is C1=C\CC/C=C\CC/1.C1=C\CC/C=C\CC/1.[CH3-].[CH3-].[Pd+2]. The Labute approximate surface area is 135 Å². The van der Waals surface area contributed by atoms with Gasteiger partial charge in [0.1, 0.15) is 0 Å². The van der Waals surface area contributed by atoms with Crippen LogP contribution in [0.2, 0.25) is 0 Å². The molecule has 0 nitrogen and oxygen atoms in total. The van der Waals surface area contributed by atoms with Crippen LogP contribution in [-0.2, 0) is 20.4 Å². The molecule has 0 fully saturated rings. The Kier molecular flexibility index (Phi) is 24.9. The van der Waals surface area contributed by atoms with Gasteiger partial charge in [-0.3, -0.25) is 0 Å². The second-order valence-corrected chi connectivity index (χ2v) is 4.20. The van der Waals surface area contributed by atoms with Crippen molar-refractivity contribution in [3.05, 3.63) is 63.5 Å². The second kappa shape index (κ2) is 20.0. The minimum atomic E-state index is 0. The summed E-state index contributed by atoms with van der Waals surface area (Å²) < 4.78 is 0. The van der Waals surface area contributed by atoms with Crippen LogP contribution in [0.3, 0.4) is 0 Å². The van der Waals surface area contributed by atoms with E-state index in [2.05, 4.69) is 48.6 Å². The number of hydrogen-bond donors (Lipinski definition) is 0. The molecule has 1 heteroatoms. The largest absolute Gasteiger partial charge is 2.00 e. The normalized spacial score (nSPS) is 23.6. The average Bonchev–Trinajstić information content (AvgIpc) is 2.15. The molecular formula is C18H30Pd. The molecule has 0 N–H and O–H groups in total. The molecule has 0 aromatic carbocycles. The van der Waals surface area contributed by atoms with E-state index in [0.717, 1.165) is 0 Å². The Morgan fingerprint density at radius 1 is 0.316 bits per heavy atom. The van der Waals surface area contributed by atoms with Crippen LogP contribution in [0.15, 0.2) is 48.6 Å². The zero-order chi connectivity index (χ0) is 11.3. The average molecular weight is 353 g/mol. The maximum atomic E-state index is 2.27. The van der Waals surface area contributed by atoms with Gasteiger partial charge in [0.05, 0.1) is 0 Å². The molecule has 112 valence electrons. The van der Waals surface area contributed by atoms with Crippen molar-refractivity contribution < 1.29 is 20.4 Å². The molecule has 0 bridgehead atoms. The summed E-state index contributed by atoms with van der Waals surface area (Å²) in [5.41, 5.74) is 0. The van der Waals surface area contributed by atoms with Crippen LogP contribution in [0.5, 0.6) is 0 Å². The topological polar surface area (TPSA) is 0 Å². The minimum absolute atomic E-state index is 0. The van der Waals surface area contributed by atoms with E-state index in [0.29, 0.717) is 0 Å². The predicted molar refractivity (Wildman–Crippen MR) is 86.3 cm³/mol. The monoisotopic (exact) mass is 352 g/mol. The maximum Gasteiger partial charge on any atom is 2.00 e. The van der Waals surface area contributed by atoms with E-state index < -0.39 is 0 Å². The van der Waals surface area contributed by atoms with Crippen molar-refractivity contribution in [3.8, 4) is 0 Å². The van der Waals surface area contributed by atoms with Crippen molar-refractivity contribution >= 4 is 0 Å². The third-order valence-electron chi connectivity index (χ3n) is 2.67. The summed E-state index contributed by atoms with van der Waals surface area (Å²) in [4.78, 5) is 0. The molecular weight excluding hydrogens is 323 g/mol. The van der Waals surface area contributed by atoms with Crippen LogP contribution in [-0.4, -0.2) is 0 Å². The van der Waals surface area contributed by atoms with Crippen LogP contribution in [0.25, 0.3) is 0 Å². The molecule has 0 atom stereocenters. The molecule has 0 aromatic rings. The first-order valence-electron chi connectivity index (χ1n) is 6.60. The Balaban J connectivity index is -0.000000233. The molecule has 0 radical (unpaired) electrons. The first kappa shape index (κ1) is 23.7. The molecule has 2 aliphatic carbocycles. The van der Waals surface area contributed by atoms with Gasteiger partial charge in [-0.2, -0.15) is 0 Å². The van der Waals surface area contributed by atoms with Crippen molar-refractivity contribution in [1.82, 2.24) is 0 Å². The van der Waals surface area contributed by atoms with E-state index in [1.165, 1.54) is 51.4 Å². The van der Waals surface area contributed by atoms with Gasteiger partial charge in [0.25, 0.3) is 0 Å². The third-order valence-corrected chi connectivity index (χ3v) is 2.67. The smallest absolute Gasteiger partial charge is 0.358 e. The van der Waals surface area contributed by atoms with Gasteiger partial charge in [-0.15, -0.1) is 0 Å². The van der Waals surface area contributed by atoms with Crippen molar-refractivity contribution in [2.24, 2.45) is 0 Å². The van der Waals surface area contributed by atoms with Crippen LogP contribution in [0.1, 0.15) is 51.4 Å². The predicted octanol–water partition coefficient (Wildman–Crippen LogP) is 6.24. The first-order valence-corrected chi connectivity index (χ1v) is 6.60. The Hall–Kier alpha value is -0.378. The van der Waals surface area contributed by atoms with Crippen LogP contribution in [0.4, 0.5) is 0 Å². The molecule has 0 unspecified atom stereocenters. The fourth-order valence-electron chi connectivity index (χ4n) is 1.71. The van der Waals surface area contributed by atoms with E-state index in [1.807, 2.05) is 0 Å². The molecule has 0 spiro atoms. The van der Waals surface area contributed by atoms with Gasteiger partial charge < -0.3 is 14.9 Å². The Bertz CT molecular complexity index is 179. The molecule has 19 heavy (non-hydrogen) atoms. The molecule has 0 saturated carbocycles. The summed E-state index contributed by atoms with van der Waals surface area (Å²) in [6, 6.07) is 0. The summed E-state index contributed by atoms with van der Waals surface area (Å²) in [6.45, 7) is 0. The van der Waals surface area contributed by atoms with Gasteiger partial charge in [-0.1, -0.05) is 48.6 Å². The zero-order valence-electron chi connectivity index (χ0n) is 12.6. The summed E-state index contributed by atoms with van der Waals surface area (Å²) in [7, 11) is 0.